The summed E-state index contributed by atoms with van der Waals surface area (Å²) in [6.45, 7) is -0.690. The summed E-state index contributed by atoms with van der Waals surface area (Å²) in [4.78, 5) is 33.2. The van der Waals surface area contributed by atoms with Crippen molar-refractivity contribution in [2.45, 2.75) is 0 Å². The molecule has 2 N–H and O–H groups in total. The van der Waals surface area contributed by atoms with Gasteiger partial charge in [-0.15, -0.1) is 0 Å². The van der Waals surface area contributed by atoms with Crippen molar-refractivity contribution < 1.29 is 19.5 Å². The SMILES string of the molecule is N#CC1CN(CC(=O)O)C(=O)NC1=O. The van der Waals surface area contributed by atoms with Gasteiger partial charge in [0, 0.05) is 6.54 Å². The fourth-order valence-electron chi connectivity index (χ4n) is 1.06. The predicted octanol–water partition coefficient (Wildman–Crippen LogP) is -1.24. The number of amides is 3. The normalized spacial score (nSPS) is 21.4. The van der Waals surface area contributed by atoms with Gasteiger partial charge in [0.05, 0.1) is 6.07 Å². The third kappa shape index (κ3) is 1.98. The van der Waals surface area contributed by atoms with Crippen molar-refractivity contribution in [1.82, 2.24) is 10.2 Å². The van der Waals surface area contributed by atoms with Crippen LogP contribution in [-0.2, 0) is 9.59 Å². The molecule has 1 unspecified atom stereocenters. The fraction of sp³-hybridized carbons (Fsp3) is 0.429. The van der Waals surface area contributed by atoms with E-state index in [1.807, 2.05) is 5.32 Å². The summed E-state index contributed by atoms with van der Waals surface area (Å²) in [5.41, 5.74) is 0. The number of carboxylic acid groups (broad SMARTS) is 1. The van der Waals surface area contributed by atoms with Crippen molar-refractivity contribution in [3.8, 4) is 6.07 Å². The minimum absolute atomic E-state index is 0.173. The number of hydrogen-bond acceptors (Lipinski definition) is 4. The average molecular weight is 197 g/mol. The number of nitrogens with zero attached hydrogens (tertiary/aromatic N) is 2. The van der Waals surface area contributed by atoms with E-state index in [0.717, 1.165) is 4.90 Å². The Morgan fingerprint density at radius 2 is 2.36 bits per heavy atom. The minimum Gasteiger partial charge on any atom is -0.480 e. The van der Waals surface area contributed by atoms with E-state index < -0.39 is 30.4 Å². The summed E-state index contributed by atoms with van der Waals surface area (Å²) in [6.07, 6.45) is 0. The van der Waals surface area contributed by atoms with Crippen LogP contribution in [0.1, 0.15) is 0 Å². The lowest BCUT2D eigenvalue weighted by Gasteiger charge is -2.27. The number of carbonyl (C=O) groups excluding carboxylic acids is 2. The lowest BCUT2D eigenvalue weighted by molar-refractivity contribution is -0.138. The van der Waals surface area contributed by atoms with E-state index in [1.54, 1.807) is 6.07 Å². The summed E-state index contributed by atoms with van der Waals surface area (Å²) in [5, 5.41) is 18.8. The zero-order valence-corrected chi connectivity index (χ0v) is 7.06. The van der Waals surface area contributed by atoms with Crippen molar-refractivity contribution in [3.05, 3.63) is 0 Å². The maximum atomic E-state index is 11.0. The Bertz CT molecular complexity index is 332. The second-order valence-corrected chi connectivity index (χ2v) is 2.75. The van der Waals surface area contributed by atoms with Gasteiger partial charge in [0.1, 0.15) is 12.5 Å². The number of urea groups is 1. The van der Waals surface area contributed by atoms with Gasteiger partial charge in [-0.1, -0.05) is 0 Å². The minimum atomic E-state index is -1.19. The summed E-state index contributed by atoms with van der Waals surface area (Å²) >= 11 is 0. The van der Waals surface area contributed by atoms with Gasteiger partial charge in [0.2, 0.25) is 5.91 Å². The fourth-order valence-corrected chi connectivity index (χ4v) is 1.06. The Hall–Kier alpha value is -2.10. The van der Waals surface area contributed by atoms with E-state index in [9.17, 15) is 14.4 Å². The molecule has 14 heavy (non-hydrogen) atoms. The number of nitriles is 1. The summed E-state index contributed by atoms with van der Waals surface area (Å²) in [6, 6.07) is 0.904. The van der Waals surface area contributed by atoms with Crippen molar-refractivity contribution >= 4 is 17.9 Å². The molecule has 7 nitrogen and oxygen atoms in total. The molecule has 0 aromatic rings. The van der Waals surface area contributed by atoms with Gasteiger partial charge < -0.3 is 10.0 Å². The molecule has 1 atom stereocenters. The first-order chi connectivity index (χ1) is 6.54. The van der Waals surface area contributed by atoms with Gasteiger partial charge in [-0.3, -0.25) is 14.9 Å². The molecule has 1 aliphatic rings. The number of carboxylic acids is 1. The molecular weight excluding hydrogens is 190 g/mol. The molecule has 1 fully saturated rings. The summed E-state index contributed by atoms with van der Waals surface area (Å²) in [5.74, 6) is -2.86. The molecule has 1 saturated heterocycles. The highest BCUT2D eigenvalue weighted by molar-refractivity contribution is 5.99. The Kier molecular flexibility index (Phi) is 2.67. The second kappa shape index (κ2) is 3.74. The van der Waals surface area contributed by atoms with Crippen LogP contribution in [0, 0.1) is 17.2 Å². The highest BCUT2D eigenvalue weighted by Gasteiger charge is 2.32. The lowest BCUT2D eigenvalue weighted by atomic mass is 10.1. The molecular formula is C7H7N3O4. The topological polar surface area (TPSA) is 110 Å². The van der Waals surface area contributed by atoms with Gasteiger partial charge in [-0.2, -0.15) is 5.26 Å². The molecule has 0 radical (unpaired) electrons. The Labute approximate surface area is 78.9 Å². The highest BCUT2D eigenvalue weighted by atomic mass is 16.4. The van der Waals surface area contributed by atoms with Crippen LogP contribution >= 0.6 is 0 Å². The maximum Gasteiger partial charge on any atom is 0.324 e. The molecule has 0 bridgehead atoms. The number of nitrogens with one attached hydrogen (secondary N) is 1. The standard InChI is InChI=1S/C7H7N3O4/c8-1-4-2-10(3-5(11)12)7(14)9-6(4)13/h4H,2-3H2,(H,11,12)(H,9,13,14). The quantitative estimate of drug-likeness (QED) is 0.575. The van der Waals surface area contributed by atoms with E-state index in [2.05, 4.69) is 0 Å². The van der Waals surface area contributed by atoms with Gasteiger partial charge in [0.15, 0.2) is 0 Å². The van der Waals surface area contributed by atoms with Crippen LogP contribution in [0.2, 0.25) is 0 Å². The molecule has 0 aliphatic carbocycles. The molecule has 1 heterocycles. The summed E-state index contributed by atoms with van der Waals surface area (Å²) in [7, 11) is 0. The van der Waals surface area contributed by atoms with Gasteiger partial charge in [-0.05, 0) is 0 Å². The predicted molar refractivity (Wildman–Crippen MR) is 41.9 cm³/mol. The molecule has 1 aliphatic heterocycles. The Balaban J connectivity index is 2.70. The third-order valence-electron chi connectivity index (χ3n) is 1.72. The van der Waals surface area contributed by atoms with Crippen LogP contribution in [0.5, 0.6) is 0 Å². The van der Waals surface area contributed by atoms with Crippen LogP contribution in [0.25, 0.3) is 0 Å². The number of aliphatic carboxylic acids is 1. The maximum absolute atomic E-state index is 11.0. The molecule has 1 rings (SSSR count). The van der Waals surface area contributed by atoms with Gasteiger partial charge in [0.25, 0.3) is 0 Å². The van der Waals surface area contributed by atoms with Crippen molar-refractivity contribution in [2.75, 3.05) is 13.1 Å². The molecule has 74 valence electrons. The van der Waals surface area contributed by atoms with Gasteiger partial charge in [-0.25, -0.2) is 4.79 Å². The van der Waals surface area contributed by atoms with Gasteiger partial charge >= 0.3 is 12.0 Å². The zero-order chi connectivity index (χ0) is 10.7. The number of hydrogen-bond donors (Lipinski definition) is 2. The first kappa shape index (κ1) is 9.98. The smallest absolute Gasteiger partial charge is 0.324 e. The van der Waals surface area contributed by atoms with E-state index >= 15 is 0 Å². The van der Waals surface area contributed by atoms with Crippen LogP contribution in [0.15, 0.2) is 0 Å². The summed E-state index contributed by atoms with van der Waals surface area (Å²) < 4.78 is 0. The number of carbonyl (C=O) groups is 3. The second-order valence-electron chi connectivity index (χ2n) is 2.75. The van der Waals surface area contributed by atoms with Crippen LogP contribution in [0.4, 0.5) is 4.79 Å². The molecule has 0 spiro atoms. The monoisotopic (exact) mass is 197 g/mol. The van der Waals surface area contributed by atoms with Crippen molar-refractivity contribution in [3.63, 3.8) is 0 Å². The molecule has 7 heteroatoms. The molecule has 0 aromatic heterocycles. The molecule has 0 aromatic carbocycles. The first-order valence-corrected chi connectivity index (χ1v) is 3.75. The van der Waals surface area contributed by atoms with Crippen molar-refractivity contribution in [2.24, 2.45) is 5.92 Å². The lowest BCUT2D eigenvalue weighted by Crippen LogP contribution is -2.55. The molecule has 3 amide bonds. The average Bonchev–Trinajstić information content (AvgIpc) is 2.09. The Morgan fingerprint density at radius 1 is 1.71 bits per heavy atom. The van der Waals surface area contributed by atoms with Crippen molar-refractivity contribution in [1.29, 1.82) is 5.26 Å². The number of imide groups is 1. The first-order valence-electron chi connectivity index (χ1n) is 3.75. The number of rotatable bonds is 2. The largest absolute Gasteiger partial charge is 0.480 e. The van der Waals surface area contributed by atoms with Crippen LogP contribution in [-0.4, -0.2) is 41.0 Å². The zero-order valence-electron chi connectivity index (χ0n) is 7.06. The van der Waals surface area contributed by atoms with Crippen LogP contribution in [0.3, 0.4) is 0 Å². The van der Waals surface area contributed by atoms with E-state index in [4.69, 9.17) is 10.4 Å². The van der Waals surface area contributed by atoms with Crippen LogP contribution < -0.4 is 5.32 Å². The Morgan fingerprint density at radius 3 is 2.86 bits per heavy atom. The van der Waals surface area contributed by atoms with E-state index in [-0.39, 0.29) is 6.54 Å². The third-order valence-corrected chi connectivity index (χ3v) is 1.72. The molecule has 0 saturated carbocycles. The van der Waals surface area contributed by atoms with E-state index in [0.29, 0.717) is 0 Å². The highest BCUT2D eigenvalue weighted by Crippen LogP contribution is 2.06. The van der Waals surface area contributed by atoms with E-state index in [1.165, 1.54) is 0 Å².